The molecule has 4 nitrogen and oxygen atoms in total. The number of carbonyl (C=O) groups is 2. The number of rotatable bonds is 10. The third-order valence-electron chi connectivity index (χ3n) is 4.93. The Morgan fingerprint density at radius 1 is 0.875 bits per heavy atom. The molecule has 1 aliphatic rings. The molecule has 4 atom stereocenters. The van der Waals surface area contributed by atoms with Crippen LogP contribution in [-0.2, 0) is 19.1 Å². The van der Waals surface area contributed by atoms with Crippen molar-refractivity contribution in [2.75, 3.05) is 0 Å². The van der Waals surface area contributed by atoms with E-state index in [1.54, 1.807) is 0 Å². The molecule has 1 fully saturated rings. The van der Waals surface area contributed by atoms with Crippen molar-refractivity contribution in [3.8, 4) is 0 Å². The van der Waals surface area contributed by atoms with Crippen LogP contribution in [0.2, 0.25) is 0 Å². The lowest BCUT2D eigenvalue weighted by molar-refractivity contribution is -0.163. The van der Waals surface area contributed by atoms with E-state index in [1.807, 2.05) is 13.8 Å². The van der Waals surface area contributed by atoms with E-state index in [4.69, 9.17) is 9.47 Å². The van der Waals surface area contributed by atoms with Crippen LogP contribution in [0.5, 0.6) is 0 Å². The molecule has 0 heterocycles. The average molecular weight is 341 g/mol. The van der Waals surface area contributed by atoms with Gasteiger partial charge in [0.05, 0.1) is 11.8 Å². The highest BCUT2D eigenvalue weighted by molar-refractivity contribution is 5.72. The van der Waals surface area contributed by atoms with Crippen molar-refractivity contribution in [1.82, 2.24) is 0 Å². The molecule has 0 aromatic carbocycles. The summed E-state index contributed by atoms with van der Waals surface area (Å²) in [6.45, 7) is 8.13. The first-order valence-corrected chi connectivity index (χ1v) is 9.88. The van der Waals surface area contributed by atoms with Gasteiger partial charge in [0, 0.05) is 6.42 Å². The van der Waals surface area contributed by atoms with Crippen LogP contribution in [0.1, 0.15) is 91.9 Å². The monoisotopic (exact) mass is 340 g/mol. The third-order valence-corrected chi connectivity index (χ3v) is 4.93. The van der Waals surface area contributed by atoms with E-state index in [2.05, 4.69) is 13.8 Å². The molecule has 4 heteroatoms. The predicted molar refractivity (Wildman–Crippen MR) is 95.6 cm³/mol. The second-order valence-corrected chi connectivity index (χ2v) is 7.37. The summed E-state index contributed by atoms with van der Waals surface area (Å²) < 4.78 is 11.3. The molecule has 0 aromatic heterocycles. The number of carbonyl (C=O) groups excluding carboxylic acids is 2. The first kappa shape index (κ1) is 21.0. The van der Waals surface area contributed by atoms with Gasteiger partial charge in [0.2, 0.25) is 0 Å². The Balaban J connectivity index is 2.38. The maximum absolute atomic E-state index is 12.1. The van der Waals surface area contributed by atoms with Crippen LogP contribution in [0.4, 0.5) is 0 Å². The molecule has 0 amide bonds. The lowest BCUT2D eigenvalue weighted by atomic mass is 9.94. The fraction of sp³-hybridized carbons (Fsp3) is 0.900. The van der Waals surface area contributed by atoms with Gasteiger partial charge in [-0.25, -0.2) is 0 Å². The van der Waals surface area contributed by atoms with Crippen LogP contribution in [0.3, 0.4) is 0 Å². The molecule has 0 aromatic rings. The van der Waals surface area contributed by atoms with E-state index in [0.717, 1.165) is 57.8 Å². The molecule has 0 aliphatic heterocycles. The van der Waals surface area contributed by atoms with Gasteiger partial charge in [0.1, 0.15) is 12.2 Å². The lowest BCUT2D eigenvalue weighted by Gasteiger charge is -2.30. The normalized spacial score (nSPS) is 23.3. The van der Waals surface area contributed by atoms with Crippen LogP contribution in [0.15, 0.2) is 0 Å². The fourth-order valence-electron chi connectivity index (χ4n) is 3.13. The summed E-state index contributed by atoms with van der Waals surface area (Å²) >= 11 is 0. The van der Waals surface area contributed by atoms with Crippen LogP contribution in [-0.4, -0.2) is 24.1 Å². The van der Waals surface area contributed by atoms with Crippen molar-refractivity contribution in [3.05, 3.63) is 0 Å². The molecule has 0 radical (unpaired) electrons. The summed E-state index contributed by atoms with van der Waals surface area (Å²) in [4.78, 5) is 24.3. The third kappa shape index (κ3) is 7.67. The molecule has 0 saturated heterocycles. The molecule has 1 rings (SSSR count). The van der Waals surface area contributed by atoms with Crippen LogP contribution >= 0.6 is 0 Å². The highest BCUT2D eigenvalue weighted by atomic mass is 16.6. The van der Waals surface area contributed by atoms with Gasteiger partial charge in [-0.15, -0.1) is 0 Å². The number of esters is 2. The van der Waals surface area contributed by atoms with Crippen molar-refractivity contribution >= 4 is 11.9 Å². The van der Waals surface area contributed by atoms with E-state index in [-0.39, 0.29) is 36.0 Å². The van der Waals surface area contributed by atoms with Crippen molar-refractivity contribution in [2.45, 2.75) is 104 Å². The highest BCUT2D eigenvalue weighted by Crippen LogP contribution is 2.26. The predicted octanol–water partition coefficient (Wildman–Crippen LogP) is 5.04. The van der Waals surface area contributed by atoms with Crippen molar-refractivity contribution in [1.29, 1.82) is 0 Å². The van der Waals surface area contributed by atoms with E-state index in [1.165, 1.54) is 0 Å². The van der Waals surface area contributed by atoms with Gasteiger partial charge in [-0.2, -0.15) is 0 Å². The second-order valence-electron chi connectivity index (χ2n) is 7.37. The molecule has 1 aliphatic carbocycles. The van der Waals surface area contributed by atoms with E-state index in [0.29, 0.717) is 6.42 Å². The van der Waals surface area contributed by atoms with Crippen LogP contribution in [0, 0.1) is 11.8 Å². The van der Waals surface area contributed by atoms with Gasteiger partial charge in [-0.1, -0.05) is 53.4 Å². The van der Waals surface area contributed by atoms with Gasteiger partial charge in [0.15, 0.2) is 0 Å². The number of ether oxygens (including phenoxy) is 2. The van der Waals surface area contributed by atoms with Gasteiger partial charge in [-0.3, -0.25) is 9.59 Å². The first-order chi connectivity index (χ1) is 11.5. The summed E-state index contributed by atoms with van der Waals surface area (Å²) in [7, 11) is 0. The average Bonchev–Trinajstić information content (AvgIpc) is 2.57. The minimum atomic E-state index is -0.100. The topological polar surface area (TPSA) is 52.6 Å². The maximum atomic E-state index is 12.1. The van der Waals surface area contributed by atoms with Crippen molar-refractivity contribution < 1.29 is 19.1 Å². The lowest BCUT2D eigenvalue weighted by Crippen LogP contribution is -2.33. The molecule has 0 bridgehead atoms. The standard InChI is InChI=1S/C20H36O4/c1-5-7-10-15(3)19(21)23-17-12-9-13-18(14-17)24-20(22)16(4)11-8-6-2/h15-18H,5-14H2,1-4H3. The molecule has 4 unspecified atom stereocenters. The largest absolute Gasteiger partial charge is 0.462 e. The van der Waals surface area contributed by atoms with E-state index in [9.17, 15) is 9.59 Å². The van der Waals surface area contributed by atoms with Gasteiger partial charge in [-0.05, 0) is 32.1 Å². The Kier molecular flexibility index (Phi) is 10.0. The zero-order valence-electron chi connectivity index (χ0n) is 16.0. The maximum Gasteiger partial charge on any atom is 0.308 e. The fourth-order valence-corrected chi connectivity index (χ4v) is 3.13. The van der Waals surface area contributed by atoms with Crippen molar-refractivity contribution in [3.63, 3.8) is 0 Å². The summed E-state index contributed by atoms with van der Waals surface area (Å²) in [5.74, 6) is -0.280. The Bertz CT molecular complexity index is 346. The molecule has 1 saturated carbocycles. The molecule has 24 heavy (non-hydrogen) atoms. The smallest absolute Gasteiger partial charge is 0.308 e. The second kappa shape index (κ2) is 11.5. The molecular formula is C20H36O4. The minimum absolute atomic E-state index is 0.0399. The highest BCUT2D eigenvalue weighted by Gasteiger charge is 2.29. The van der Waals surface area contributed by atoms with E-state index >= 15 is 0 Å². The Labute approximate surface area is 147 Å². The SMILES string of the molecule is CCCCC(C)C(=O)OC1CCCC(OC(=O)C(C)CCCC)C1. The number of hydrogen-bond acceptors (Lipinski definition) is 4. The number of hydrogen-bond donors (Lipinski definition) is 0. The molecular weight excluding hydrogens is 304 g/mol. The zero-order chi connectivity index (χ0) is 17.9. The quantitative estimate of drug-likeness (QED) is 0.523. The van der Waals surface area contributed by atoms with Crippen LogP contribution in [0.25, 0.3) is 0 Å². The number of unbranched alkanes of at least 4 members (excludes halogenated alkanes) is 2. The summed E-state index contributed by atoms with van der Waals surface area (Å²) in [5.41, 5.74) is 0. The summed E-state index contributed by atoms with van der Waals surface area (Å²) in [6, 6.07) is 0. The van der Waals surface area contributed by atoms with Gasteiger partial charge < -0.3 is 9.47 Å². The minimum Gasteiger partial charge on any atom is -0.462 e. The summed E-state index contributed by atoms with van der Waals surface area (Å²) in [5, 5.41) is 0. The summed E-state index contributed by atoms with van der Waals surface area (Å²) in [6.07, 6.45) is 9.22. The van der Waals surface area contributed by atoms with Gasteiger partial charge in [0.25, 0.3) is 0 Å². The molecule has 140 valence electrons. The Hall–Kier alpha value is -1.06. The zero-order valence-corrected chi connectivity index (χ0v) is 16.0. The Morgan fingerprint density at radius 2 is 1.29 bits per heavy atom. The molecule has 0 spiro atoms. The Morgan fingerprint density at radius 3 is 1.67 bits per heavy atom. The van der Waals surface area contributed by atoms with Crippen molar-refractivity contribution in [2.24, 2.45) is 11.8 Å². The van der Waals surface area contributed by atoms with Crippen LogP contribution < -0.4 is 0 Å². The van der Waals surface area contributed by atoms with Gasteiger partial charge >= 0.3 is 11.9 Å². The van der Waals surface area contributed by atoms with E-state index < -0.39 is 0 Å². The molecule has 0 N–H and O–H groups in total. The first-order valence-electron chi connectivity index (χ1n) is 9.88.